The molecule has 1 aliphatic heterocycles. The Hall–Kier alpha value is -2.15. The summed E-state index contributed by atoms with van der Waals surface area (Å²) in [5.41, 5.74) is 2.48. The standard InChI is InChI=1S/C21H26ClFN4O/c1-24-21(25-13-17-4-7-20(23)18(12-17)15-28)27-10-8-26(9-11-27)14-16-2-5-19(22)6-3-16/h2-7,12,28H,8-11,13-15H2,1H3,(H,24,25). The molecule has 5 nitrogen and oxygen atoms in total. The van der Waals surface area contributed by atoms with E-state index in [1.807, 2.05) is 12.1 Å². The van der Waals surface area contributed by atoms with Gasteiger partial charge in [-0.3, -0.25) is 9.89 Å². The van der Waals surface area contributed by atoms with Gasteiger partial charge in [-0.2, -0.15) is 0 Å². The SMILES string of the molecule is CN=C(NCc1ccc(F)c(CO)c1)N1CCN(Cc2ccc(Cl)cc2)CC1. The van der Waals surface area contributed by atoms with Gasteiger partial charge in [0.05, 0.1) is 6.61 Å². The van der Waals surface area contributed by atoms with Gasteiger partial charge in [-0.15, -0.1) is 0 Å². The molecule has 2 aromatic rings. The molecule has 1 heterocycles. The normalized spacial score (nSPS) is 15.7. The molecule has 1 saturated heterocycles. The third-order valence-corrected chi connectivity index (χ3v) is 5.19. The smallest absolute Gasteiger partial charge is 0.194 e. The average Bonchev–Trinajstić information content (AvgIpc) is 2.72. The van der Waals surface area contributed by atoms with Gasteiger partial charge in [-0.25, -0.2) is 4.39 Å². The zero-order valence-electron chi connectivity index (χ0n) is 16.0. The second-order valence-electron chi connectivity index (χ2n) is 6.87. The van der Waals surface area contributed by atoms with Crippen molar-refractivity contribution in [2.75, 3.05) is 33.2 Å². The van der Waals surface area contributed by atoms with E-state index in [0.717, 1.165) is 49.3 Å². The Labute approximate surface area is 170 Å². The monoisotopic (exact) mass is 404 g/mol. The lowest BCUT2D eigenvalue weighted by Crippen LogP contribution is -2.52. The van der Waals surface area contributed by atoms with Gasteiger partial charge in [0, 0.05) is 56.9 Å². The molecule has 0 aliphatic carbocycles. The van der Waals surface area contributed by atoms with Crippen molar-refractivity contribution in [2.45, 2.75) is 19.7 Å². The highest BCUT2D eigenvalue weighted by molar-refractivity contribution is 6.30. The van der Waals surface area contributed by atoms with Gasteiger partial charge >= 0.3 is 0 Å². The van der Waals surface area contributed by atoms with Gasteiger partial charge in [-0.05, 0) is 35.4 Å². The minimum Gasteiger partial charge on any atom is -0.392 e. The molecule has 0 aromatic heterocycles. The fraction of sp³-hybridized carbons (Fsp3) is 0.381. The number of guanidine groups is 1. The molecule has 0 spiro atoms. The molecule has 0 saturated carbocycles. The summed E-state index contributed by atoms with van der Waals surface area (Å²) in [5, 5.41) is 13.3. The minimum absolute atomic E-state index is 0.302. The first-order chi connectivity index (χ1) is 13.6. The Morgan fingerprint density at radius 2 is 1.79 bits per heavy atom. The molecule has 3 rings (SSSR count). The van der Waals surface area contributed by atoms with Crippen LogP contribution < -0.4 is 5.32 Å². The van der Waals surface area contributed by atoms with Crippen LogP contribution in [-0.4, -0.2) is 54.1 Å². The quantitative estimate of drug-likeness (QED) is 0.594. The summed E-state index contributed by atoms with van der Waals surface area (Å²) in [4.78, 5) is 9.03. The maximum atomic E-state index is 13.5. The number of halogens is 2. The fourth-order valence-electron chi connectivity index (χ4n) is 3.34. The molecule has 28 heavy (non-hydrogen) atoms. The van der Waals surface area contributed by atoms with Crippen LogP contribution in [0.2, 0.25) is 5.02 Å². The first-order valence-electron chi connectivity index (χ1n) is 9.39. The third-order valence-electron chi connectivity index (χ3n) is 4.93. The van der Waals surface area contributed by atoms with Gasteiger partial charge in [-0.1, -0.05) is 29.8 Å². The Balaban J connectivity index is 1.50. The maximum absolute atomic E-state index is 13.5. The number of aliphatic hydroxyl groups excluding tert-OH is 1. The number of aliphatic hydroxyl groups is 1. The largest absolute Gasteiger partial charge is 0.392 e. The molecule has 1 aliphatic rings. The van der Waals surface area contributed by atoms with Gasteiger partial charge in [0.2, 0.25) is 0 Å². The number of nitrogens with one attached hydrogen (secondary N) is 1. The number of hydrogen-bond donors (Lipinski definition) is 2. The fourth-order valence-corrected chi connectivity index (χ4v) is 3.46. The molecule has 2 N–H and O–H groups in total. The Morgan fingerprint density at radius 3 is 2.43 bits per heavy atom. The van der Waals surface area contributed by atoms with E-state index in [2.05, 4.69) is 32.2 Å². The van der Waals surface area contributed by atoms with Crippen molar-refractivity contribution in [2.24, 2.45) is 4.99 Å². The molecule has 0 unspecified atom stereocenters. The van der Waals surface area contributed by atoms with E-state index in [1.165, 1.54) is 11.6 Å². The average molecular weight is 405 g/mol. The number of piperazine rings is 1. The number of nitrogens with zero attached hydrogens (tertiary/aromatic N) is 3. The second-order valence-corrected chi connectivity index (χ2v) is 7.31. The summed E-state index contributed by atoms with van der Waals surface area (Å²) in [7, 11) is 1.77. The third kappa shape index (κ3) is 5.44. The van der Waals surface area contributed by atoms with Crippen molar-refractivity contribution in [3.8, 4) is 0 Å². The number of hydrogen-bond acceptors (Lipinski definition) is 3. The lowest BCUT2D eigenvalue weighted by atomic mass is 10.1. The summed E-state index contributed by atoms with van der Waals surface area (Å²) >= 11 is 5.95. The predicted octanol–water partition coefficient (Wildman–Crippen LogP) is 2.86. The highest BCUT2D eigenvalue weighted by atomic mass is 35.5. The van der Waals surface area contributed by atoms with E-state index in [-0.39, 0.29) is 12.4 Å². The van der Waals surface area contributed by atoms with Crippen molar-refractivity contribution < 1.29 is 9.50 Å². The Bertz CT molecular complexity index is 805. The molecule has 0 amide bonds. The van der Waals surface area contributed by atoms with Gasteiger partial charge < -0.3 is 15.3 Å². The van der Waals surface area contributed by atoms with Gasteiger partial charge in [0.15, 0.2) is 5.96 Å². The number of aliphatic imine (C=N–C) groups is 1. The van der Waals surface area contributed by atoms with Crippen molar-refractivity contribution in [3.63, 3.8) is 0 Å². The van der Waals surface area contributed by atoms with Crippen LogP contribution in [0.25, 0.3) is 0 Å². The summed E-state index contributed by atoms with van der Waals surface area (Å²) < 4.78 is 13.5. The second kappa shape index (κ2) is 9.87. The van der Waals surface area contributed by atoms with Gasteiger partial charge in [0.25, 0.3) is 0 Å². The van der Waals surface area contributed by atoms with E-state index in [4.69, 9.17) is 11.6 Å². The molecule has 7 heteroatoms. The molecule has 150 valence electrons. The van der Waals surface area contributed by atoms with E-state index in [1.54, 1.807) is 19.2 Å². The summed E-state index contributed by atoms with van der Waals surface area (Å²) in [6.07, 6.45) is 0. The summed E-state index contributed by atoms with van der Waals surface area (Å²) in [6.45, 7) is 4.83. The highest BCUT2D eigenvalue weighted by Crippen LogP contribution is 2.14. The van der Waals surface area contributed by atoms with Crippen LogP contribution in [0, 0.1) is 5.82 Å². The minimum atomic E-state index is -0.382. The van der Waals surface area contributed by atoms with E-state index >= 15 is 0 Å². The Morgan fingerprint density at radius 1 is 1.11 bits per heavy atom. The van der Waals surface area contributed by atoms with Crippen LogP contribution in [-0.2, 0) is 19.7 Å². The number of rotatable bonds is 5. The topological polar surface area (TPSA) is 51.1 Å². The van der Waals surface area contributed by atoms with Crippen molar-refractivity contribution in [1.29, 1.82) is 0 Å². The highest BCUT2D eigenvalue weighted by Gasteiger charge is 2.19. The van der Waals surface area contributed by atoms with Crippen LogP contribution in [0.3, 0.4) is 0 Å². The van der Waals surface area contributed by atoms with Crippen LogP contribution in [0.15, 0.2) is 47.5 Å². The van der Waals surface area contributed by atoms with Crippen LogP contribution in [0.4, 0.5) is 4.39 Å². The lowest BCUT2D eigenvalue weighted by Gasteiger charge is -2.36. The Kier molecular flexibility index (Phi) is 7.25. The molecule has 0 radical (unpaired) electrons. The molecule has 1 fully saturated rings. The number of benzene rings is 2. The first-order valence-corrected chi connectivity index (χ1v) is 9.77. The van der Waals surface area contributed by atoms with Crippen LogP contribution in [0.5, 0.6) is 0 Å². The zero-order valence-corrected chi connectivity index (χ0v) is 16.8. The van der Waals surface area contributed by atoms with Crippen LogP contribution in [0.1, 0.15) is 16.7 Å². The zero-order chi connectivity index (χ0) is 19.9. The van der Waals surface area contributed by atoms with E-state index in [0.29, 0.717) is 12.1 Å². The molecule has 0 atom stereocenters. The van der Waals surface area contributed by atoms with E-state index in [9.17, 15) is 9.50 Å². The predicted molar refractivity (Wildman–Crippen MR) is 111 cm³/mol. The molecule has 0 bridgehead atoms. The van der Waals surface area contributed by atoms with Crippen LogP contribution >= 0.6 is 11.6 Å². The van der Waals surface area contributed by atoms with E-state index < -0.39 is 0 Å². The summed E-state index contributed by atoms with van der Waals surface area (Å²) in [5.74, 6) is 0.452. The summed E-state index contributed by atoms with van der Waals surface area (Å²) in [6, 6.07) is 12.8. The molecular weight excluding hydrogens is 379 g/mol. The van der Waals surface area contributed by atoms with Crippen molar-refractivity contribution >= 4 is 17.6 Å². The lowest BCUT2D eigenvalue weighted by molar-refractivity contribution is 0.172. The molecular formula is C21H26ClFN4O. The van der Waals surface area contributed by atoms with Gasteiger partial charge in [0.1, 0.15) is 5.82 Å². The molecule has 2 aromatic carbocycles. The first kappa shape index (κ1) is 20.6. The van der Waals surface area contributed by atoms with Crippen molar-refractivity contribution in [3.05, 3.63) is 70.0 Å². The maximum Gasteiger partial charge on any atom is 0.194 e. The van der Waals surface area contributed by atoms with Crippen molar-refractivity contribution in [1.82, 2.24) is 15.1 Å².